The van der Waals surface area contributed by atoms with Crippen LogP contribution in [0.2, 0.25) is 0 Å². The minimum absolute atomic E-state index is 0.0553. The zero-order chi connectivity index (χ0) is 21.7. The van der Waals surface area contributed by atoms with Gasteiger partial charge in [0.05, 0.1) is 18.3 Å². The van der Waals surface area contributed by atoms with Crippen molar-refractivity contribution in [1.82, 2.24) is 4.90 Å². The Bertz CT molecular complexity index is 948. The summed E-state index contributed by atoms with van der Waals surface area (Å²) in [5, 5.41) is 3.15. The summed E-state index contributed by atoms with van der Waals surface area (Å²) in [6.07, 6.45) is 0.960. The van der Waals surface area contributed by atoms with E-state index in [1.807, 2.05) is 57.2 Å². The average molecular weight is 408 g/mol. The van der Waals surface area contributed by atoms with Gasteiger partial charge in [-0.05, 0) is 57.0 Å². The number of hydrogen-bond donors (Lipinski definition) is 1. The quantitative estimate of drug-likeness (QED) is 0.620. The molecule has 1 aliphatic rings. The van der Waals surface area contributed by atoms with Crippen molar-refractivity contribution in [2.45, 2.75) is 40.2 Å². The maximum atomic E-state index is 13.0. The Kier molecular flexibility index (Phi) is 6.77. The molecule has 0 atom stereocenters. The van der Waals surface area contributed by atoms with Crippen LogP contribution >= 0.6 is 0 Å². The lowest BCUT2D eigenvalue weighted by Gasteiger charge is -2.12. The second-order valence-corrected chi connectivity index (χ2v) is 7.30. The highest BCUT2D eigenvalue weighted by molar-refractivity contribution is 6.36. The SMILES string of the molecule is CCCOc1cccc(NC2=C(c3ccc(OC(C)C)cc3)C(=O)N(CC)C2=O)c1. The third-order valence-corrected chi connectivity index (χ3v) is 4.58. The van der Waals surface area contributed by atoms with Crippen molar-refractivity contribution in [3.05, 3.63) is 59.8 Å². The molecule has 6 heteroatoms. The molecular formula is C24H28N2O4. The number of ether oxygens (including phenoxy) is 2. The fourth-order valence-electron chi connectivity index (χ4n) is 3.25. The Morgan fingerprint density at radius 3 is 2.33 bits per heavy atom. The molecule has 0 aromatic heterocycles. The van der Waals surface area contributed by atoms with Crippen LogP contribution in [0.15, 0.2) is 54.2 Å². The molecule has 6 nitrogen and oxygen atoms in total. The minimum atomic E-state index is -0.333. The molecule has 158 valence electrons. The highest BCUT2D eigenvalue weighted by atomic mass is 16.5. The number of imide groups is 1. The molecule has 1 aliphatic heterocycles. The molecule has 0 aliphatic carbocycles. The maximum absolute atomic E-state index is 13.0. The molecule has 2 aromatic rings. The number of carbonyl (C=O) groups is 2. The lowest BCUT2D eigenvalue weighted by atomic mass is 10.0. The first-order chi connectivity index (χ1) is 14.4. The van der Waals surface area contributed by atoms with E-state index >= 15 is 0 Å². The van der Waals surface area contributed by atoms with Gasteiger partial charge in [-0.1, -0.05) is 25.1 Å². The molecule has 0 spiro atoms. The number of nitrogens with one attached hydrogen (secondary N) is 1. The van der Waals surface area contributed by atoms with Gasteiger partial charge in [0.1, 0.15) is 17.2 Å². The van der Waals surface area contributed by atoms with E-state index in [4.69, 9.17) is 9.47 Å². The second-order valence-electron chi connectivity index (χ2n) is 7.30. The Morgan fingerprint density at radius 2 is 1.70 bits per heavy atom. The summed E-state index contributed by atoms with van der Waals surface area (Å²) in [6, 6.07) is 14.6. The molecule has 30 heavy (non-hydrogen) atoms. The van der Waals surface area contributed by atoms with E-state index in [1.165, 1.54) is 4.90 Å². The van der Waals surface area contributed by atoms with Crippen LogP contribution in [0.4, 0.5) is 5.69 Å². The summed E-state index contributed by atoms with van der Waals surface area (Å²) in [4.78, 5) is 27.1. The highest BCUT2D eigenvalue weighted by Gasteiger charge is 2.38. The molecule has 0 bridgehead atoms. The first-order valence-electron chi connectivity index (χ1n) is 10.3. The summed E-state index contributed by atoms with van der Waals surface area (Å²) in [6.45, 7) is 8.65. The molecule has 3 rings (SSSR count). The van der Waals surface area contributed by atoms with Gasteiger partial charge in [-0.2, -0.15) is 0 Å². The zero-order valence-electron chi connectivity index (χ0n) is 17.9. The van der Waals surface area contributed by atoms with E-state index in [2.05, 4.69) is 5.32 Å². The molecule has 1 heterocycles. The molecule has 0 unspecified atom stereocenters. The zero-order valence-corrected chi connectivity index (χ0v) is 17.9. The molecule has 2 amide bonds. The van der Waals surface area contributed by atoms with Crippen LogP contribution in [-0.4, -0.2) is 36.0 Å². The van der Waals surface area contributed by atoms with Crippen molar-refractivity contribution in [2.24, 2.45) is 0 Å². The van der Waals surface area contributed by atoms with E-state index in [9.17, 15) is 9.59 Å². The number of hydrogen-bond acceptors (Lipinski definition) is 5. The van der Waals surface area contributed by atoms with E-state index in [1.54, 1.807) is 19.1 Å². The topological polar surface area (TPSA) is 67.9 Å². The van der Waals surface area contributed by atoms with Crippen LogP contribution in [0.25, 0.3) is 5.57 Å². The third-order valence-electron chi connectivity index (χ3n) is 4.58. The van der Waals surface area contributed by atoms with Crippen molar-refractivity contribution >= 4 is 23.1 Å². The van der Waals surface area contributed by atoms with Gasteiger partial charge >= 0.3 is 0 Å². The van der Waals surface area contributed by atoms with Gasteiger partial charge in [0.2, 0.25) is 0 Å². The van der Waals surface area contributed by atoms with E-state index < -0.39 is 0 Å². The predicted octanol–water partition coefficient (Wildman–Crippen LogP) is 4.47. The van der Waals surface area contributed by atoms with E-state index in [0.717, 1.165) is 6.42 Å². The van der Waals surface area contributed by atoms with Gasteiger partial charge < -0.3 is 14.8 Å². The van der Waals surface area contributed by atoms with Crippen LogP contribution in [0.1, 0.15) is 39.7 Å². The normalized spacial score (nSPS) is 14.0. The van der Waals surface area contributed by atoms with E-state index in [0.29, 0.717) is 41.5 Å². The first-order valence-corrected chi connectivity index (χ1v) is 10.3. The Labute approximate surface area is 177 Å². The third kappa shape index (κ3) is 4.64. The fraction of sp³-hybridized carbons (Fsp3) is 0.333. The van der Waals surface area contributed by atoms with Crippen molar-refractivity contribution in [3.63, 3.8) is 0 Å². The molecule has 0 fully saturated rings. The van der Waals surface area contributed by atoms with E-state index in [-0.39, 0.29) is 23.6 Å². The summed E-state index contributed by atoms with van der Waals surface area (Å²) in [5.74, 6) is 0.790. The summed E-state index contributed by atoms with van der Waals surface area (Å²) in [7, 11) is 0. The minimum Gasteiger partial charge on any atom is -0.494 e. The fourth-order valence-corrected chi connectivity index (χ4v) is 3.25. The number of carbonyl (C=O) groups excluding carboxylic acids is 2. The van der Waals surface area contributed by atoms with Crippen molar-refractivity contribution < 1.29 is 19.1 Å². The van der Waals surface area contributed by atoms with Crippen LogP contribution in [0, 0.1) is 0 Å². The van der Waals surface area contributed by atoms with Crippen molar-refractivity contribution in [2.75, 3.05) is 18.5 Å². The number of anilines is 1. The van der Waals surface area contributed by atoms with Crippen molar-refractivity contribution in [3.8, 4) is 11.5 Å². The summed E-state index contributed by atoms with van der Waals surface area (Å²) in [5.41, 5.74) is 1.99. The Morgan fingerprint density at radius 1 is 0.967 bits per heavy atom. The van der Waals surface area contributed by atoms with Gasteiger partial charge in [-0.25, -0.2) is 0 Å². The van der Waals surface area contributed by atoms with Gasteiger partial charge in [-0.3, -0.25) is 14.5 Å². The number of likely N-dealkylation sites (N-methyl/N-ethyl adjacent to an activating group) is 1. The number of rotatable bonds is 9. The molecule has 1 N–H and O–H groups in total. The largest absolute Gasteiger partial charge is 0.494 e. The summed E-state index contributed by atoms with van der Waals surface area (Å²) < 4.78 is 11.4. The van der Waals surface area contributed by atoms with Gasteiger partial charge in [0.25, 0.3) is 11.8 Å². The van der Waals surface area contributed by atoms with Crippen LogP contribution in [-0.2, 0) is 9.59 Å². The predicted molar refractivity (Wildman–Crippen MR) is 117 cm³/mol. The molecular weight excluding hydrogens is 380 g/mol. The lowest BCUT2D eigenvalue weighted by Crippen LogP contribution is -2.32. The van der Waals surface area contributed by atoms with Crippen molar-refractivity contribution in [1.29, 1.82) is 0 Å². The summed E-state index contributed by atoms with van der Waals surface area (Å²) >= 11 is 0. The Balaban J connectivity index is 1.96. The molecule has 0 saturated heterocycles. The van der Waals surface area contributed by atoms with Gasteiger partial charge in [-0.15, -0.1) is 0 Å². The number of benzene rings is 2. The molecule has 0 saturated carbocycles. The molecule has 2 aromatic carbocycles. The monoisotopic (exact) mass is 408 g/mol. The maximum Gasteiger partial charge on any atom is 0.278 e. The van der Waals surface area contributed by atoms with Crippen LogP contribution < -0.4 is 14.8 Å². The van der Waals surface area contributed by atoms with Gasteiger partial charge in [0, 0.05) is 18.3 Å². The Hall–Kier alpha value is -3.28. The van der Waals surface area contributed by atoms with Crippen LogP contribution in [0.3, 0.4) is 0 Å². The number of amides is 2. The van der Waals surface area contributed by atoms with Crippen LogP contribution in [0.5, 0.6) is 11.5 Å². The molecule has 0 radical (unpaired) electrons. The first kappa shape index (κ1) is 21.4. The average Bonchev–Trinajstić information content (AvgIpc) is 2.96. The standard InChI is InChI=1S/C24H28N2O4/c1-5-14-29-20-9-7-8-18(15-20)25-22-21(23(27)26(6-2)24(22)28)17-10-12-19(13-11-17)30-16(3)4/h7-13,15-16,25H,5-6,14H2,1-4H3. The smallest absolute Gasteiger partial charge is 0.278 e. The number of nitrogens with zero attached hydrogens (tertiary/aromatic N) is 1. The lowest BCUT2D eigenvalue weighted by molar-refractivity contribution is -0.136. The van der Waals surface area contributed by atoms with Gasteiger partial charge in [0.15, 0.2) is 0 Å². The second kappa shape index (κ2) is 9.48. The highest BCUT2D eigenvalue weighted by Crippen LogP contribution is 2.32.